The van der Waals surface area contributed by atoms with Gasteiger partial charge in [0.2, 0.25) is 0 Å². The van der Waals surface area contributed by atoms with Crippen LogP contribution >= 0.6 is 0 Å². The van der Waals surface area contributed by atoms with Crippen LogP contribution in [0.3, 0.4) is 0 Å². The molecule has 0 bridgehead atoms. The molecule has 34 heavy (non-hydrogen) atoms. The maximum atomic E-state index is 13.3. The molecule has 0 amide bonds. The molecule has 0 heterocycles. The van der Waals surface area contributed by atoms with E-state index in [-0.39, 0.29) is 5.97 Å². The van der Waals surface area contributed by atoms with Gasteiger partial charge in [-0.3, -0.25) is 0 Å². The van der Waals surface area contributed by atoms with Crippen molar-refractivity contribution in [1.82, 2.24) is 0 Å². The van der Waals surface area contributed by atoms with Crippen molar-refractivity contribution in [1.29, 1.82) is 0 Å². The summed E-state index contributed by atoms with van der Waals surface area (Å²) >= 11 is 0. The predicted octanol–water partition coefficient (Wildman–Crippen LogP) is 7.87. The van der Waals surface area contributed by atoms with Crippen LogP contribution < -0.4 is 4.74 Å². The molecule has 3 aromatic rings. The molecular weight excluding hydrogens is 440 g/mol. The molecule has 0 saturated carbocycles. The third kappa shape index (κ3) is 7.14. The van der Waals surface area contributed by atoms with Crippen LogP contribution in [0.25, 0.3) is 0 Å². The van der Waals surface area contributed by atoms with Crippen molar-refractivity contribution in [3.05, 3.63) is 83.9 Å². The van der Waals surface area contributed by atoms with Crippen LogP contribution in [-0.2, 0) is 22.1 Å². The highest BCUT2D eigenvalue weighted by molar-refractivity contribution is 7.97. The average Bonchev–Trinajstić information content (AvgIpc) is 2.86. The molecule has 0 N–H and O–H groups in total. The van der Waals surface area contributed by atoms with E-state index in [0.717, 1.165) is 49.2 Å². The van der Waals surface area contributed by atoms with Gasteiger partial charge in [-0.15, -0.1) is 0 Å². The van der Waals surface area contributed by atoms with Gasteiger partial charge in [-0.25, -0.2) is 4.79 Å². The van der Waals surface area contributed by atoms with Crippen molar-refractivity contribution in [2.75, 3.05) is 13.2 Å². The first-order chi connectivity index (χ1) is 16.7. The Labute approximate surface area is 207 Å². The Balaban J connectivity index is 2.09. The fourth-order valence-electron chi connectivity index (χ4n) is 3.72. The van der Waals surface area contributed by atoms with Crippen molar-refractivity contribution in [3.63, 3.8) is 0 Å². The van der Waals surface area contributed by atoms with Crippen molar-refractivity contribution in [2.24, 2.45) is 0 Å². The number of rotatable bonds is 13. The van der Waals surface area contributed by atoms with Gasteiger partial charge in [0.15, 0.2) is 14.7 Å². The molecule has 0 radical (unpaired) electrons. The third-order valence-electron chi connectivity index (χ3n) is 5.54. The summed E-state index contributed by atoms with van der Waals surface area (Å²) in [4.78, 5) is 16.6. The van der Waals surface area contributed by atoms with E-state index >= 15 is 0 Å². The van der Waals surface area contributed by atoms with Crippen LogP contribution in [-0.4, -0.2) is 19.2 Å². The molecule has 0 spiro atoms. The van der Waals surface area contributed by atoms with E-state index in [9.17, 15) is 4.79 Å². The van der Waals surface area contributed by atoms with Crippen LogP contribution in [0.1, 0.15) is 68.8 Å². The summed E-state index contributed by atoms with van der Waals surface area (Å²) < 4.78 is 11.6. The summed E-state index contributed by atoms with van der Waals surface area (Å²) in [6.45, 7) is 7.51. The van der Waals surface area contributed by atoms with Gasteiger partial charge in [0.25, 0.3) is 0 Å². The molecule has 0 aliphatic heterocycles. The van der Waals surface area contributed by atoms with Crippen molar-refractivity contribution >= 4 is 16.9 Å². The largest absolute Gasteiger partial charge is 0.494 e. The zero-order valence-electron chi connectivity index (χ0n) is 20.7. The van der Waals surface area contributed by atoms with Crippen LogP contribution in [0.2, 0.25) is 0 Å². The topological polar surface area (TPSA) is 35.5 Å². The quantitative estimate of drug-likeness (QED) is 0.143. The summed E-state index contributed by atoms with van der Waals surface area (Å²) in [5, 5.41) is 0. The molecular formula is C30H37O3S+. The van der Waals surface area contributed by atoms with E-state index in [1.807, 2.05) is 18.2 Å². The molecule has 180 valence electrons. The fraction of sp³-hybridized carbons (Fsp3) is 0.367. The minimum atomic E-state index is -0.440. The number of unbranched alkanes of at least 4 members (excludes halogenated alkanes) is 2. The van der Waals surface area contributed by atoms with Gasteiger partial charge in [0.05, 0.1) is 13.2 Å². The van der Waals surface area contributed by atoms with E-state index in [2.05, 4.69) is 75.4 Å². The first kappa shape index (κ1) is 25.9. The highest BCUT2D eigenvalue weighted by Gasteiger charge is 2.34. The number of benzene rings is 3. The zero-order chi connectivity index (χ0) is 24.2. The molecule has 0 aliphatic carbocycles. The Morgan fingerprint density at radius 3 is 2.24 bits per heavy atom. The monoisotopic (exact) mass is 477 g/mol. The normalized spacial score (nSPS) is 11.7. The average molecular weight is 478 g/mol. The molecule has 4 heteroatoms. The second kappa shape index (κ2) is 13.9. The van der Waals surface area contributed by atoms with Gasteiger partial charge >= 0.3 is 5.97 Å². The van der Waals surface area contributed by atoms with E-state index in [4.69, 9.17) is 9.47 Å². The maximum Gasteiger partial charge on any atom is 0.343 e. The molecule has 3 rings (SSSR count). The van der Waals surface area contributed by atoms with Crippen LogP contribution in [0.5, 0.6) is 5.75 Å². The minimum absolute atomic E-state index is 0.275. The minimum Gasteiger partial charge on any atom is -0.494 e. The van der Waals surface area contributed by atoms with E-state index in [1.54, 1.807) is 0 Å². The third-order valence-corrected chi connectivity index (χ3v) is 7.80. The van der Waals surface area contributed by atoms with Crippen molar-refractivity contribution < 1.29 is 14.3 Å². The molecule has 3 aromatic carbocycles. The van der Waals surface area contributed by atoms with Gasteiger partial charge in [0, 0.05) is 0 Å². The summed E-state index contributed by atoms with van der Waals surface area (Å²) in [5.74, 6) is 0.443. The highest BCUT2D eigenvalue weighted by atomic mass is 32.2. The lowest BCUT2D eigenvalue weighted by Gasteiger charge is -2.14. The number of esters is 1. The van der Waals surface area contributed by atoms with Crippen LogP contribution in [0.4, 0.5) is 0 Å². The smallest absolute Gasteiger partial charge is 0.343 e. The molecule has 0 aliphatic rings. The van der Waals surface area contributed by atoms with Crippen molar-refractivity contribution in [2.45, 2.75) is 74.0 Å². The second-order valence-electron chi connectivity index (χ2n) is 8.37. The molecule has 3 nitrogen and oxygen atoms in total. The molecule has 0 saturated heterocycles. The summed E-state index contributed by atoms with van der Waals surface area (Å²) in [7, 11) is -0.440. The molecule has 0 aromatic heterocycles. The number of ether oxygens (including phenoxy) is 2. The van der Waals surface area contributed by atoms with Gasteiger partial charge in [0.1, 0.15) is 22.2 Å². The van der Waals surface area contributed by atoms with Gasteiger partial charge in [-0.1, -0.05) is 70.4 Å². The maximum absolute atomic E-state index is 13.3. The Hall–Kier alpha value is -2.72. The van der Waals surface area contributed by atoms with Crippen LogP contribution in [0.15, 0.2) is 87.5 Å². The number of carbonyl (C=O) groups is 1. The predicted molar refractivity (Wildman–Crippen MR) is 141 cm³/mol. The summed E-state index contributed by atoms with van der Waals surface area (Å²) in [6.07, 6.45) is 6.03. The van der Waals surface area contributed by atoms with E-state index in [0.29, 0.717) is 18.8 Å². The van der Waals surface area contributed by atoms with E-state index < -0.39 is 10.9 Å². The van der Waals surface area contributed by atoms with E-state index in [1.165, 1.54) is 15.4 Å². The standard InChI is InChI=1S/C30H37O3S/c1-4-7-20-32-25-18-19-29(28(23-25)30(31)33-21-8-5-2)34(26-15-10-9-11-16-26)27-17-12-14-24(22-27)13-6-3/h9-12,14-19,22-23H,4-8,13,20-21H2,1-3H3/q+1. The number of hydrogen-bond donors (Lipinski definition) is 0. The number of carbonyl (C=O) groups excluding carboxylic acids is 1. The Morgan fingerprint density at radius 2 is 1.50 bits per heavy atom. The molecule has 0 fully saturated rings. The van der Waals surface area contributed by atoms with Crippen LogP contribution in [0, 0.1) is 0 Å². The lowest BCUT2D eigenvalue weighted by molar-refractivity contribution is 0.0495. The van der Waals surface area contributed by atoms with Gasteiger partial charge < -0.3 is 9.47 Å². The summed E-state index contributed by atoms with van der Waals surface area (Å²) in [6, 6.07) is 25.1. The second-order valence-corrected chi connectivity index (χ2v) is 10.4. The zero-order valence-corrected chi connectivity index (χ0v) is 21.5. The lowest BCUT2D eigenvalue weighted by Crippen LogP contribution is -2.14. The van der Waals surface area contributed by atoms with Gasteiger partial charge in [-0.05, 0) is 67.3 Å². The Bertz CT molecular complexity index is 1030. The molecule has 1 atom stereocenters. The first-order valence-electron chi connectivity index (χ1n) is 12.5. The first-order valence-corrected chi connectivity index (χ1v) is 13.7. The fourth-order valence-corrected chi connectivity index (χ4v) is 5.98. The Kier molecular flexibility index (Phi) is 10.6. The SMILES string of the molecule is CCCCOC(=O)c1cc(OCCCC)ccc1[S+](c1ccccc1)c1cccc(CCC)c1. The number of hydrogen-bond acceptors (Lipinski definition) is 3. The van der Waals surface area contributed by atoms with Crippen molar-refractivity contribution in [3.8, 4) is 5.75 Å². The lowest BCUT2D eigenvalue weighted by atomic mass is 10.1. The Morgan fingerprint density at radius 1 is 0.765 bits per heavy atom. The molecule has 1 unspecified atom stereocenters. The summed E-state index contributed by atoms with van der Waals surface area (Å²) in [5.41, 5.74) is 1.92. The number of aryl methyl sites for hydroxylation is 1. The highest BCUT2D eigenvalue weighted by Crippen LogP contribution is 2.35. The van der Waals surface area contributed by atoms with Gasteiger partial charge in [-0.2, -0.15) is 0 Å².